The second kappa shape index (κ2) is 15.0. The lowest BCUT2D eigenvalue weighted by atomic mass is 10.0. The number of halogens is 2. The summed E-state index contributed by atoms with van der Waals surface area (Å²) in [5, 5.41) is 3.60. The average molecular weight is 667 g/mol. The van der Waals surface area contributed by atoms with Crippen molar-refractivity contribution < 1.29 is 18.0 Å². The fourth-order valence-electron chi connectivity index (χ4n) is 5.11. The molecule has 0 aliphatic heterocycles. The second-order valence-corrected chi connectivity index (χ2v) is 14.0. The minimum absolute atomic E-state index is 0.00912. The molecule has 0 spiro atoms. The van der Waals surface area contributed by atoms with Crippen LogP contribution in [0.3, 0.4) is 0 Å². The van der Waals surface area contributed by atoms with Crippen LogP contribution in [-0.4, -0.2) is 43.8 Å². The largest absolute Gasteiger partial charge is 0.352 e. The molecule has 4 aromatic rings. The SMILES string of the molecule is Cc1cc(C)cc(N(CC(=O)N(Cc2ccc(Cl)c(Cl)c2)[C@H](Cc2ccccc2)C(=O)NC(C)C)S(=O)(=O)c2ccccc2)c1. The number of benzene rings is 4. The first-order valence-electron chi connectivity index (χ1n) is 14.6. The molecule has 45 heavy (non-hydrogen) atoms. The molecule has 7 nitrogen and oxygen atoms in total. The summed E-state index contributed by atoms with van der Waals surface area (Å²) < 4.78 is 29.4. The van der Waals surface area contributed by atoms with Gasteiger partial charge in [-0.1, -0.05) is 83.9 Å². The number of carbonyl (C=O) groups excluding carboxylic acids is 2. The zero-order valence-electron chi connectivity index (χ0n) is 25.7. The molecule has 0 radical (unpaired) electrons. The number of carbonyl (C=O) groups is 2. The van der Waals surface area contributed by atoms with E-state index in [1.807, 2.05) is 64.1 Å². The quantitative estimate of drug-likeness (QED) is 0.177. The van der Waals surface area contributed by atoms with Crippen molar-refractivity contribution in [2.45, 2.75) is 57.6 Å². The smallest absolute Gasteiger partial charge is 0.264 e. The highest BCUT2D eigenvalue weighted by Crippen LogP contribution is 2.28. The Kier molecular flexibility index (Phi) is 11.3. The molecule has 0 bridgehead atoms. The van der Waals surface area contributed by atoms with Crippen LogP contribution in [0.5, 0.6) is 0 Å². The predicted octanol–water partition coefficient (Wildman–Crippen LogP) is 6.97. The van der Waals surface area contributed by atoms with Gasteiger partial charge in [-0.3, -0.25) is 13.9 Å². The lowest BCUT2D eigenvalue weighted by molar-refractivity contribution is -0.140. The number of nitrogens with zero attached hydrogens (tertiary/aromatic N) is 2. The summed E-state index contributed by atoms with van der Waals surface area (Å²) in [6.45, 7) is 6.88. The second-order valence-electron chi connectivity index (χ2n) is 11.3. The molecule has 10 heteroatoms. The van der Waals surface area contributed by atoms with Gasteiger partial charge in [0, 0.05) is 19.0 Å². The van der Waals surface area contributed by atoms with Crippen LogP contribution in [0.2, 0.25) is 10.0 Å². The minimum Gasteiger partial charge on any atom is -0.352 e. The van der Waals surface area contributed by atoms with Crippen LogP contribution < -0.4 is 9.62 Å². The molecule has 0 fully saturated rings. The molecule has 4 aromatic carbocycles. The molecule has 0 saturated carbocycles. The van der Waals surface area contributed by atoms with E-state index in [9.17, 15) is 18.0 Å². The Morgan fingerprint density at radius 3 is 1.96 bits per heavy atom. The van der Waals surface area contributed by atoms with Gasteiger partial charge in [0.05, 0.1) is 20.6 Å². The maximum Gasteiger partial charge on any atom is 0.264 e. The molecule has 0 aromatic heterocycles. The maximum absolute atomic E-state index is 14.5. The van der Waals surface area contributed by atoms with E-state index in [4.69, 9.17) is 23.2 Å². The van der Waals surface area contributed by atoms with Crippen LogP contribution >= 0.6 is 23.2 Å². The van der Waals surface area contributed by atoms with Gasteiger partial charge >= 0.3 is 0 Å². The normalized spacial score (nSPS) is 12.1. The van der Waals surface area contributed by atoms with E-state index < -0.39 is 28.5 Å². The van der Waals surface area contributed by atoms with E-state index in [0.717, 1.165) is 21.0 Å². The molecular formula is C35H37Cl2N3O4S. The van der Waals surface area contributed by atoms with E-state index in [1.54, 1.807) is 48.5 Å². The number of amides is 2. The highest BCUT2D eigenvalue weighted by molar-refractivity contribution is 7.92. The summed E-state index contributed by atoms with van der Waals surface area (Å²) in [5.74, 6) is -0.911. The zero-order valence-corrected chi connectivity index (χ0v) is 28.0. The van der Waals surface area contributed by atoms with Crippen LogP contribution in [0, 0.1) is 13.8 Å². The standard InChI is InChI=1S/C35H37Cl2N3O4S/c1-24(2)38-35(42)33(21-27-11-7-5-8-12-27)39(22-28-15-16-31(36)32(37)20-28)34(41)23-40(29-18-25(3)17-26(4)19-29)45(43,44)30-13-9-6-10-14-30/h5-20,24,33H,21-23H2,1-4H3,(H,38,42)/t33-/m1/s1. The van der Waals surface area contributed by atoms with Crippen LogP contribution in [0.4, 0.5) is 5.69 Å². The van der Waals surface area contributed by atoms with Gasteiger partial charge in [0.2, 0.25) is 11.8 Å². The minimum atomic E-state index is -4.18. The topological polar surface area (TPSA) is 86.8 Å². The lowest BCUT2D eigenvalue weighted by Gasteiger charge is -2.34. The number of nitrogens with one attached hydrogen (secondary N) is 1. The van der Waals surface area contributed by atoms with Crippen molar-refractivity contribution in [3.8, 4) is 0 Å². The molecule has 0 unspecified atom stereocenters. The van der Waals surface area contributed by atoms with Gasteiger partial charge in [0.1, 0.15) is 12.6 Å². The maximum atomic E-state index is 14.5. The van der Waals surface area contributed by atoms with Crippen LogP contribution in [-0.2, 0) is 32.6 Å². The summed E-state index contributed by atoms with van der Waals surface area (Å²) in [4.78, 5) is 29.8. The molecule has 236 valence electrons. The van der Waals surface area contributed by atoms with Crippen LogP contribution in [0.25, 0.3) is 0 Å². The van der Waals surface area contributed by atoms with Crippen LogP contribution in [0.1, 0.15) is 36.1 Å². The van der Waals surface area contributed by atoms with Crippen LogP contribution in [0.15, 0.2) is 102 Å². The van der Waals surface area contributed by atoms with Crippen molar-refractivity contribution in [1.82, 2.24) is 10.2 Å². The van der Waals surface area contributed by atoms with Gasteiger partial charge < -0.3 is 10.2 Å². The van der Waals surface area contributed by atoms with Gasteiger partial charge in [-0.2, -0.15) is 0 Å². The monoisotopic (exact) mass is 665 g/mol. The highest BCUT2D eigenvalue weighted by Gasteiger charge is 2.35. The number of hydrogen-bond acceptors (Lipinski definition) is 4. The summed E-state index contributed by atoms with van der Waals surface area (Å²) in [5.41, 5.74) is 3.52. The van der Waals surface area contributed by atoms with E-state index in [1.165, 1.54) is 17.0 Å². The molecule has 0 aliphatic carbocycles. The number of rotatable bonds is 12. The molecule has 0 saturated heterocycles. The third-order valence-corrected chi connectivity index (χ3v) is 9.67. The Balaban J connectivity index is 1.84. The Labute approximate surface area is 275 Å². The Morgan fingerprint density at radius 1 is 0.778 bits per heavy atom. The van der Waals surface area contributed by atoms with Crippen molar-refractivity contribution in [2.24, 2.45) is 0 Å². The van der Waals surface area contributed by atoms with Gasteiger partial charge in [-0.15, -0.1) is 0 Å². The number of anilines is 1. The van der Waals surface area contributed by atoms with E-state index in [2.05, 4.69) is 5.32 Å². The van der Waals surface area contributed by atoms with E-state index >= 15 is 0 Å². The molecule has 4 rings (SSSR count). The Morgan fingerprint density at radius 2 is 1.38 bits per heavy atom. The molecule has 1 N–H and O–H groups in total. The molecular weight excluding hydrogens is 629 g/mol. The fourth-order valence-corrected chi connectivity index (χ4v) is 6.85. The summed E-state index contributed by atoms with van der Waals surface area (Å²) in [6, 6.07) is 26.6. The van der Waals surface area contributed by atoms with Crippen molar-refractivity contribution in [3.05, 3.63) is 129 Å². The van der Waals surface area contributed by atoms with Crippen molar-refractivity contribution in [2.75, 3.05) is 10.8 Å². The highest BCUT2D eigenvalue weighted by atomic mass is 35.5. The van der Waals surface area contributed by atoms with Gasteiger partial charge in [0.15, 0.2) is 0 Å². The van der Waals surface area contributed by atoms with E-state index in [0.29, 0.717) is 21.3 Å². The zero-order chi connectivity index (χ0) is 32.7. The molecule has 1 atom stereocenters. The number of hydrogen-bond donors (Lipinski definition) is 1. The fraction of sp³-hybridized carbons (Fsp3) is 0.257. The van der Waals surface area contributed by atoms with E-state index in [-0.39, 0.29) is 29.8 Å². The summed E-state index contributed by atoms with van der Waals surface area (Å²) in [7, 11) is -4.18. The Hall–Kier alpha value is -3.85. The summed E-state index contributed by atoms with van der Waals surface area (Å²) >= 11 is 12.5. The third-order valence-electron chi connectivity index (χ3n) is 7.14. The van der Waals surface area contributed by atoms with Crippen molar-refractivity contribution in [1.29, 1.82) is 0 Å². The number of aryl methyl sites for hydroxylation is 2. The molecule has 2 amide bonds. The number of sulfonamides is 1. The lowest BCUT2D eigenvalue weighted by Crippen LogP contribution is -2.54. The first-order chi connectivity index (χ1) is 21.3. The first kappa shape index (κ1) is 34.0. The Bertz CT molecular complexity index is 1730. The molecule has 0 heterocycles. The predicted molar refractivity (Wildman–Crippen MR) is 181 cm³/mol. The van der Waals surface area contributed by atoms with Gasteiger partial charge in [0.25, 0.3) is 10.0 Å². The first-order valence-corrected chi connectivity index (χ1v) is 16.8. The van der Waals surface area contributed by atoms with Crippen molar-refractivity contribution >= 4 is 50.7 Å². The third kappa shape index (κ3) is 8.87. The van der Waals surface area contributed by atoms with Crippen molar-refractivity contribution in [3.63, 3.8) is 0 Å². The van der Waals surface area contributed by atoms with Gasteiger partial charge in [-0.05, 0) is 86.3 Å². The molecule has 0 aliphatic rings. The summed E-state index contributed by atoms with van der Waals surface area (Å²) in [6.07, 6.45) is 0.210. The average Bonchev–Trinajstić information content (AvgIpc) is 2.99. The van der Waals surface area contributed by atoms with Gasteiger partial charge in [-0.25, -0.2) is 8.42 Å².